The summed E-state index contributed by atoms with van der Waals surface area (Å²) in [5.41, 5.74) is 2.93. The Morgan fingerprint density at radius 3 is 2.47 bits per heavy atom. The standard InChI is InChI=1S/C23H31N3O4/c1-17(25(2)16-18-5-10-21(28-3)15-22(18)29-4)23(27)24-19-6-8-20(9-7-19)26-11-13-30-14-12-26/h5-10,15,17H,11-14,16H2,1-4H3,(H,24,27)/t17-/m1/s1. The van der Waals surface area contributed by atoms with Crippen molar-refractivity contribution in [3.63, 3.8) is 0 Å². The summed E-state index contributed by atoms with van der Waals surface area (Å²) >= 11 is 0. The number of hydrogen-bond acceptors (Lipinski definition) is 6. The van der Waals surface area contributed by atoms with E-state index in [1.165, 1.54) is 0 Å². The molecule has 0 aromatic heterocycles. The SMILES string of the molecule is COc1ccc(CN(C)[C@H](C)C(=O)Nc2ccc(N3CCOCC3)cc2)c(OC)c1. The number of nitrogens with one attached hydrogen (secondary N) is 1. The average Bonchev–Trinajstić information content (AvgIpc) is 2.79. The van der Waals surface area contributed by atoms with Crippen LogP contribution in [0.25, 0.3) is 0 Å². The topological polar surface area (TPSA) is 63.3 Å². The van der Waals surface area contributed by atoms with Crippen LogP contribution in [-0.2, 0) is 16.1 Å². The Hall–Kier alpha value is -2.77. The van der Waals surface area contributed by atoms with Gasteiger partial charge in [0, 0.05) is 42.6 Å². The largest absolute Gasteiger partial charge is 0.497 e. The van der Waals surface area contributed by atoms with Crippen molar-refractivity contribution in [1.82, 2.24) is 4.90 Å². The van der Waals surface area contributed by atoms with E-state index in [1.54, 1.807) is 14.2 Å². The van der Waals surface area contributed by atoms with Gasteiger partial charge in [0.05, 0.1) is 33.5 Å². The van der Waals surface area contributed by atoms with Crippen LogP contribution in [0.3, 0.4) is 0 Å². The van der Waals surface area contributed by atoms with Crippen molar-refractivity contribution < 1.29 is 19.0 Å². The molecule has 1 heterocycles. The van der Waals surface area contributed by atoms with Crippen molar-refractivity contribution in [3.05, 3.63) is 48.0 Å². The van der Waals surface area contributed by atoms with Gasteiger partial charge in [-0.15, -0.1) is 0 Å². The zero-order valence-electron chi connectivity index (χ0n) is 18.2. The lowest BCUT2D eigenvalue weighted by Gasteiger charge is -2.29. The fourth-order valence-corrected chi connectivity index (χ4v) is 3.41. The van der Waals surface area contributed by atoms with Crippen LogP contribution in [0.15, 0.2) is 42.5 Å². The highest BCUT2D eigenvalue weighted by atomic mass is 16.5. The highest BCUT2D eigenvalue weighted by Crippen LogP contribution is 2.26. The smallest absolute Gasteiger partial charge is 0.241 e. The lowest BCUT2D eigenvalue weighted by Crippen LogP contribution is -2.39. The molecular weight excluding hydrogens is 382 g/mol. The number of anilines is 2. The van der Waals surface area contributed by atoms with E-state index in [1.807, 2.05) is 61.3 Å². The van der Waals surface area contributed by atoms with Gasteiger partial charge in [0.25, 0.3) is 0 Å². The van der Waals surface area contributed by atoms with Crippen molar-refractivity contribution >= 4 is 17.3 Å². The highest BCUT2D eigenvalue weighted by molar-refractivity contribution is 5.94. The predicted octanol–water partition coefficient (Wildman–Crippen LogP) is 3.00. The Balaban J connectivity index is 1.58. The molecule has 7 heteroatoms. The van der Waals surface area contributed by atoms with Crippen LogP contribution in [0.1, 0.15) is 12.5 Å². The molecule has 0 aliphatic carbocycles. The quantitative estimate of drug-likeness (QED) is 0.718. The number of likely N-dealkylation sites (N-methyl/N-ethyl adjacent to an activating group) is 1. The second-order valence-electron chi connectivity index (χ2n) is 7.40. The van der Waals surface area contributed by atoms with Crippen LogP contribution in [-0.4, -0.2) is 64.4 Å². The number of morpholine rings is 1. The number of amides is 1. The molecule has 1 aliphatic heterocycles. The Morgan fingerprint density at radius 2 is 1.83 bits per heavy atom. The molecule has 0 unspecified atom stereocenters. The second kappa shape index (κ2) is 10.3. The summed E-state index contributed by atoms with van der Waals surface area (Å²) in [6.45, 7) is 5.76. The molecule has 1 saturated heterocycles. The maximum absolute atomic E-state index is 12.8. The molecule has 0 radical (unpaired) electrons. The first kappa shape index (κ1) is 21.9. The van der Waals surface area contributed by atoms with Crippen molar-refractivity contribution in [1.29, 1.82) is 0 Å². The molecule has 1 fully saturated rings. The van der Waals surface area contributed by atoms with E-state index in [2.05, 4.69) is 10.2 Å². The van der Waals surface area contributed by atoms with Crippen LogP contribution in [0.5, 0.6) is 11.5 Å². The molecule has 162 valence electrons. The number of methoxy groups -OCH3 is 2. The molecule has 1 N–H and O–H groups in total. The molecule has 30 heavy (non-hydrogen) atoms. The van der Waals surface area contributed by atoms with Crippen molar-refractivity contribution in [3.8, 4) is 11.5 Å². The highest BCUT2D eigenvalue weighted by Gasteiger charge is 2.20. The second-order valence-corrected chi connectivity index (χ2v) is 7.40. The van der Waals surface area contributed by atoms with E-state index in [-0.39, 0.29) is 11.9 Å². The number of carbonyl (C=O) groups excluding carboxylic acids is 1. The fraction of sp³-hybridized carbons (Fsp3) is 0.435. The van der Waals surface area contributed by atoms with Crippen molar-refractivity contribution in [2.24, 2.45) is 0 Å². The number of rotatable bonds is 8. The summed E-state index contributed by atoms with van der Waals surface area (Å²) in [7, 11) is 5.19. The van der Waals surface area contributed by atoms with E-state index in [0.717, 1.165) is 54.7 Å². The molecule has 1 aliphatic rings. The van der Waals surface area contributed by atoms with E-state index in [9.17, 15) is 4.79 Å². The number of nitrogens with zero attached hydrogens (tertiary/aromatic N) is 2. The molecule has 2 aromatic carbocycles. The third-order valence-electron chi connectivity index (χ3n) is 5.47. The Bertz CT molecular complexity index is 835. The third-order valence-corrected chi connectivity index (χ3v) is 5.47. The van der Waals surface area contributed by atoms with E-state index in [4.69, 9.17) is 14.2 Å². The lowest BCUT2D eigenvalue weighted by molar-refractivity contribution is -0.120. The Kier molecular flexibility index (Phi) is 7.54. The minimum absolute atomic E-state index is 0.0518. The van der Waals surface area contributed by atoms with Crippen LogP contribution in [0.4, 0.5) is 11.4 Å². The number of benzene rings is 2. The summed E-state index contributed by atoms with van der Waals surface area (Å²) < 4.78 is 16.1. The monoisotopic (exact) mass is 413 g/mol. The summed E-state index contributed by atoms with van der Waals surface area (Å²) in [4.78, 5) is 17.0. The molecule has 3 rings (SSSR count). The van der Waals surface area contributed by atoms with Gasteiger partial charge in [-0.2, -0.15) is 0 Å². The van der Waals surface area contributed by atoms with Gasteiger partial charge in [-0.1, -0.05) is 6.07 Å². The van der Waals surface area contributed by atoms with Crippen LogP contribution < -0.4 is 19.7 Å². The zero-order valence-corrected chi connectivity index (χ0v) is 18.2. The fourth-order valence-electron chi connectivity index (χ4n) is 3.41. The van der Waals surface area contributed by atoms with Crippen LogP contribution in [0, 0.1) is 0 Å². The van der Waals surface area contributed by atoms with Crippen LogP contribution >= 0.6 is 0 Å². The maximum Gasteiger partial charge on any atom is 0.241 e. The van der Waals surface area contributed by atoms with E-state index < -0.39 is 0 Å². The minimum Gasteiger partial charge on any atom is -0.497 e. The molecule has 2 aromatic rings. The first-order valence-corrected chi connectivity index (χ1v) is 10.2. The van der Waals surface area contributed by atoms with E-state index >= 15 is 0 Å². The zero-order chi connectivity index (χ0) is 21.5. The summed E-state index contributed by atoms with van der Waals surface area (Å²) in [6, 6.07) is 13.4. The van der Waals surface area contributed by atoms with Gasteiger partial charge in [-0.25, -0.2) is 0 Å². The summed E-state index contributed by atoms with van der Waals surface area (Å²) in [5, 5.41) is 3.01. The van der Waals surface area contributed by atoms with E-state index in [0.29, 0.717) is 6.54 Å². The normalized spacial score (nSPS) is 15.0. The van der Waals surface area contributed by atoms with Gasteiger partial charge < -0.3 is 24.4 Å². The molecule has 1 atom stereocenters. The third kappa shape index (κ3) is 5.43. The number of hydrogen-bond donors (Lipinski definition) is 1. The Labute approximate surface area is 178 Å². The van der Waals surface area contributed by atoms with Crippen molar-refractivity contribution in [2.75, 3.05) is 57.8 Å². The van der Waals surface area contributed by atoms with Crippen LogP contribution in [0.2, 0.25) is 0 Å². The molecule has 0 saturated carbocycles. The number of ether oxygens (including phenoxy) is 3. The molecule has 7 nitrogen and oxygen atoms in total. The van der Waals surface area contributed by atoms with Crippen molar-refractivity contribution in [2.45, 2.75) is 19.5 Å². The molecule has 1 amide bonds. The lowest BCUT2D eigenvalue weighted by atomic mass is 10.1. The average molecular weight is 414 g/mol. The summed E-state index contributed by atoms with van der Waals surface area (Å²) in [5.74, 6) is 1.43. The van der Waals surface area contributed by atoms with Gasteiger partial charge in [0.15, 0.2) is 0 Å². The van der Waals surface area contributed by atoms with Gasteiger partial charge in [0.2, 0.25) is 5.91 Å². The molecule has 0 bridgehead atoms. The van der Waals surface area contributed by atoms with Gasteiger partial charge in [-0.3, -0.25) is 9.69 Å². The van der Waals surface area contributed by atoms with Gasteiger partial charge in [-0.05, 0) is 44.3 Å². The predicted molar refractivity (Wildman–Crippen MR) is 119 cm³/mol. The molecule has 0 spiro atoms. The van der Waals surface area contributed by atoms with Gasteiger partial charge in [0.1, 0.15) is 11.5 Å². The van der Waals surface area contributed by atoms with Gasteiger partial charge >= 0.3 is 0 Å². The first-order chi connectivity index (χ1) is 14.5. The summed E-state index contributed by atoms with van der Waals surface area (Å²) in [6.07, 6.45) is 0. The maximum atomic E-state index is 12.8. The molecular formula is C23H31N3O4. The number of carbonyl (C=O) groups is 1. The Morgan fingerprint density at radius 1 is 1.13 bits per heavy atom. The minimum atomic E-state index is -0.310. The first-order valence-electron chi connectivity index (χ1n) is 10.2.